The first-order chi connectivity index (χ1) is 19.3. The molecule has 0 fully saturated rings. The van der Waals surface area contributed by atoms with Crippen molar-refractivity contribution in [1.29, 1.82) is 0 Å². The lowest BCUT2D eigenvalue weighted by Gasteiger charge is -2.17. The van der Waals surface area contributed by atoms with Crippen molar-refractivity contribution in [3.63, 3.8) is 0 Å². The number of nitrogens with zero attached hydrogens (tertiary/aromatic N) is 5. The highest BCUT2D eigenvalue weighted by Crippen LogP contribution is 2.37. The molecule has 41 heavy (non-hydrogen) atoms. The lowest BCUT2D eigenvalue weighted by Crippen LogP contribution is -2.16. The fourth-order valence-electron chi connectivity index (χ4n) is 4.00. The summed E-state index contributed by atoms with van der Waals surface area (Å²) in [6.07, 6.45) is -6.70. The zero-order valence-corrected chi connectivity index (χ0v) is 21.7. The first-order valence-electron chi connectivity index (χ1n) is 11.3. The van der Waals surface area contributed by atoms with Crippen molar-refractivity contribution in [2.75, 3.05) is 0 Å². The van der Waals surface area contributed by atoms with E-state index in [-0.39, 0.29) is 27.0 Å². The number of hydrogen-bond donors (Lipinski definition) is 1. The topological polar surface area (TPSA) is 91.9 Å². The molecule has 5 aromatic rings. The van der Waals surface area contributed by atoms with Crippen molar-refractivity contribution in [2.45, 2.75) is 17.4 Å². The van der Waals surface area contributed by atoms with E-state index in [1.807, 2.05) is 0 Å². The van der Waals surface area contributed by atoms with Crippen LogP contribution in [0.2, 0.25) is 5.02 Å². The summed E-state index contributed by atoms with van der Waals surface area (Å²) in [5.41, 5.74) is 0.336. The van der Waals surface area contributed by atoms with Gasteiger partial charge in [-0.05, 0) is 59.7 Å². The minimum absolute atomic E-state index is 0.0197. The Hall–Kier alpha value is -4.37. The Balaban J connectivity index is 1.69. The van der Waals surface area contributed by atoms with Crippen LogP contribution in [0.4, 0.5) is 26.3 Å². The molecule has 0 saturated heterocycles. The third-order valence-electron chi connectivity index (χ3n) is 5.73. The third-order valence-corrected chi connectivity index (χ3v) is 6.71. The number of halogens is 7. The number of hydrogen-bond acceptors (Lipinski definition) is 6. The van der Waals surface area contributed by atoms with Gasteiger partial charge in [-0.25, -0.2) is 18.1 Å². The maximum atomic E-state index is 13.3. The van der Waals surface area contributed by atoms with Gasteiger partial charge in [0.05, 0.1) is 39.5 Å². The summed E-state index contributed by atoms with van der Waals surface area (Å²) >= 11 is 6.61. The van der Waals surface area contributed by atoms with E-state index in [1.165, 1.54) is 53.3 Å². The average molecular weight is 614 g/mol. The number of ether oxygens (including phenoxy) is 1. The van der Waals surface area contributed by atoms with Crippen molar-refractivity contribution in [3.8, 4) is 39.5 Å². The van der Waals surface area contributed by atoms with Gasteiger partial charge in [0.25, 0.3) is 0 Å². The molecular weight excluding hydrogens is 600 g/mol. The van der Waals surface area contributed by atoms with E-state index in [0.717, 1.165) is 29.2 Å². The quantitative estimate of drug-likeness (QED) is 0.178. The number of rotatable bonds is 6. The van der Waals surface area contributed by atoms with Crippen LogP contribution in [0.1, 0.15) is 5.69 Å². The van der Waals surface area contributed by atoms with Crippen molar-refractivity contribution in [3.05, 3.63) is 90.1 Å². The predicted octanol–water partition coefficient (Wildman–Crippen LogP) is 6.33. The first-order valence-corrected chi connectivity index (χ1v) is 12.8. The van der Waals surface area contributed by atoms with Gasteiger partial charge in [0.1, 0.15) is 5.75 Å². The van der Waals surface area contributed by atoms with Gasteiger partial charge < -0.3 is 9.30 Å². The van der Waals surface area contributed by atoms with E-state index in [1.54, 1.807) is 6.07 Å². The molecule has 16 heteroatoms. The predicted molar refractivity (Wildman–Crippen MR) is 135 cm³/mol. The van der Waals surface area contributed by atoms with Crippen LogP contribution in [-0.2, 0) is 16.9 Å². The van der Waals surface area contributed by atoms with Gasteiger partial charge in [-0.1, -0.05) is 28.9 Å². The molecular formula is C25H14ClF6N5O3S. The molecule has 0 amide bonds. The molecule has 0 unspecified atom stereocenters. The van der Waals surface area contributed by atoms with Crippen molar-refractivity contribution in [1.82, 2.24) is 24.5 Å². The second-order valence-electron chi connectivity index (χ2n) is 8.40. The smallest absolute Gasteiger partial charge is 0.406 e. The van der Waals surface area contributed by atoms with Crippen LogP contribution in [0.15, 0.2) is 84.3 Å². The number of aromatic nitrogens is 5. The van der Waals surface area contributed by atoms with E-state index < -0.39 is 34.7 Å². The second kappa shape index (κ2) is 10.6. The van der Waals surface area contributed by atoms with Crippen molar-refractivity contribution >= 4 is 22.3 Å². The number of alkyl halides is 6. The van der Waals surface area contributed by atoms with Gasteiger partial charge in [-0.3, -0.25) is 0 Å². The monoisotopic (exact) mass is 613 g/mol. The average Bonchev–Trinajstić information content (AvgIpc) is 3.58. The summed E-state index contributed by atoms with van der Waals surface area (Å²) in [6, 6.07) is 13.6. The molecule has 0 aliphatic heterocycles. The lowest BCUT2D eigenvalue weighted by atomic mass is 10.0. The molecule has 0 spiro atoms. The molecule has 0 aliphatic rings. The summed E-state index contributed by atoms with van der Waals surface area (Å²) < 4.78 is 107. The second-order valence-corrected chi connectivity index (χ2v) is 9.84. The van der Waals surface area contributed by atoms with Crippen LogP contribution in [-0.4, -0.2) is 39.3 Å². The van der Waals surface area contributed by atoms with Crippen LogP contribution in [0.25, 0.3) is 33.8 Å². The van der Waals surface area contributed by atoms with E-state index in [2.05, 4.69) is 20.0 Å². The summed E-state index contributed by atoms with van der Waals surface area (Å²) in [6.45, 7) is 0. The zero-order chi connectivity index (χ0) is 29.5. The highest BCUT2D eigenvalue weighted by atomic mass is 35.5. The van der Waals surface area contributed by atoms with Crippen LogP contribution < -0.4 is 4.74 Å². The Morgan fingerprint density at radius 3 is 2.24 bits per heavy atom. The number of benzene rings is 3. The number of thiol groups is 1. The molecule has 0 saturated carbocycles. The van der Waals surface area contributed by atoms with E-state index in [0.29, 0.717) is 16.7 Å². The van der Waals surface area contributed by atoms with E-state index in [9.17, 15) is 34.8 Å². The van der Waals surface area contributed by atoms with Crippen molar-refractivity contribution < 1.29 is 39.5 Å². The van der Waals surface area contributed by atoms with Crippen molar-refractivity contribution in [2.24, 2.45) is 0 Å². The molecule has 212 valence electrons. The van der Waals surface area contributed by atoms with Gasteiger partial charge in [0, 0.05) is 11.8 Å². The molecule has 0 bridgehead atoms. The fourth-order valence-corrected chi connectivity index (χ4v) is 4.76. The van der Waals surface area contributed by atoms with E-state index in [4.69, 9.17) is 11.6 Å². The summed E-state index contributed by atoms with van der Waals surface area (Å²) in [7, 11) is -2.91. The minimum atomic E-state index is -4.90. The van der Waals surface area contributed by atoms with Crippen LogP contribution in [0.5, 0.6) is 5.75 Å². The van der Waals surface area contributed by atoms with Crippen LogP contribution >= 0.6 is 11.6 Å². The molecule has 8 nitrogen and oxygen atoms in total. The van der Waals surface area contributed by atoms with Gasteiger partial charge in [-0.2, -0.15) is 13.2 Å². The SMILES string of the molecule is O=[SH](=O)c1cccc(-c2cc(Cl)c(-n3cnc(C(F)(F)F)c3)c(-n3nncc3-c3ccc(OC(F)(F)F)cc3)c2)c1. The maximum absolute atomic E-state index is 13.3. The third kappa shape index (κ3) is 6.05. The van der Waals surface area contributed by atoms with Crippen LogP contribution in [0.3, 0.4) is 0 Å². The fraction of sp³-hybridized carbons (Fsp3) is 0.0800. The molecule has 3 aromatic carbocycles. The number of imidazole rings is 1. The molecule has 0 aliphatic carbocycles. The highest BCUT2D eigenvalue weighted by molar-refractivity contribution is 7.72. The maximum Gasteiger partial charge on any atom is 0.573 e. The molecule has 0 radical (unpaired) electrons. The van der Waals surface area contributed by atoms with E-state index >= 15 is 0 Å². The summed E-state index contributed by atoms with van der Waals surface area (Å²) in [5, 5.41) is 7.89. The Morgan fingerprint density at radius 1 is 0.878 bits per heavy atom. The largest absolute Gasteiger partial charge is 0.573 e. The molecule has 0 atom stereocenters. The standard InChI is InChI=1S/C25H14ClF6N5O3S/c26-19-9-16(15-2-1-3-18(8-15)41(38)39)10-20(23(19)36-12-22(33-13-36)24(27,28)29)37-21(11-34-35-37)14-4-6-17(7-5-14)40-25(30,31)32/h1-13,41H. The Bertz CT molecular complexity index is 1810. The lowest BCUT2D eigenvalue weighted by molar-refractivity contribution is -0.274. The van der Waals surface area contributed by atoms with Gasteiger partial charge in [0.2, 0.25) is 0 Å². The highest BCUT2D eigenvalue weighted by Gasteiger charge is 2.34. The molecule has 2 aromatic heterocycles. The Kier molecular flexibility index (Phi) is 7.25. The summed E-state index contributed by atoms with van der Waals surface area (Å²) in [4.78, 5) is 3.44. The minimum Gasteiger partial charge on any atom is -0.406 e. The van der Waals surface area contributed by atoms with Gasteiger partial charge >= 0.3 is 12.5 Å². The summed E-state index contributed by atoms with van der Waals surface area (Å²) in [5.74, 6) is -0.472. The molecule has 0 N–H and O–H groups in total. The zero-order valence-electron chi connectivity index (χ0n) is 20.1. The Morgan fingerprint density at radius 2 is 1.61 bits per heavy atom. The normalized spacial score (nSPS) is 12.2. The molecule has 2 heterocycles. The Labute approximate surface area is 233 Å². The first kappa shape index (κ1) is 28.2. The molecule has 5 rings (SSSR count). The van der Waals surface area contributed by atoms with Gasteiger partial charge in [0.15, 0.2) is 16.4 Å². The van der Waals surface area contributed by atoms with Crippen LogP contribution in [0, 0.1) is 0 Å². The van der Waals surface area contributed by atoms with Gasteiger partial charge in [-0.15, -0.1) is 18.3 Å².